The minimum absolute atomic E-state index is 0.0202. The molecule has 0 amide bonds. The number of ether oxygens (including phenoxy) is 1. The second kappa shape index (κ2) is 4.83. The van der Waals surface area contributed by atoms with E-state index in [9.17, 15) is 18.4 Å². The minimum Gasteiger partial charge on any atom is -0.460 e. The molecule has 0 aliphatic carbocycles. The van der Waals surface area contributed by atoms with Crippen molar-refractivity contribution in [1.29, 1.82) is 0 Å². The van der Waals surface area contributed by atoms with Gasteiger partial charge in [-0.15, -0.1) is 0 Å². The fourth-order valence-corrected chi connectivity index (χ4v) is 1.14. The summed E-state index contributed by atoms with van der Waals surface area (Å²) in [6.07, 6.45) is 0. The van der Waals surface area contributed by atoms with E-state index < -0.39 is 29.0 Å². The van der Waals surface area contributed by atoms with Gasteiger partial charge in [0.2, 0.25) is 0 Å². The summed E-state index contributed by atoms with van der Waals surface area (Å²) in [4.78, 5) is 22.4. The molecule has 86 valence electrons. The predicted molar refractivity (Wildman–Crippen MR) is 52.1 cm³/mol. The Bertz CT molecular complexity index is 441. The molecule has 0 fully saturated rings. The number of carbonyl (C=O) groups excluding carboxylic acids is 2. The Morgan fingerprint density at radius 1 is 1.25 bits per heavy atom. The van der Waals surface area contributed by atoms with Crippen LogP contribution in [0.15, 0.2) is 12.1 Å². The van der Waals surface area contributed by atoms with Gasteiger partial charge in [-0.1, -0.05) is 0 Å². The number of hydrogen-bond acceptors (Lipinski definition) is 3. The highest BCUT2D eigenvalue weighted by molar-refractivity contribution is 6.40. The highest BCUT2D eigenvalue weighted by atomic mass is 19.1. The molecule has 16 heavy (non-hydrogen) atoms. The third-order valence-corrected chi connectivity index (χ3v) is 1.95. The van der Waals surface area contributed by atoms with Gasteiger partial charge in [0.1, 0.15) is 11.6 Å². The first-order valence-electron chi connectivity index (χ1n) is 4.64. The van der Waals surface area contributed by atoms with Crippen molar-refractivity contribution in [2.24, 2.45) is 0 Å². The molecule has 5 heteroatoms. The number of hydrogen-bond donors (Lipinski definition) is 0. The van der Waals surface area contributed by atoms with Crippen LogP contribution >= 0.6 is 0 Å². The van der Waals surface area contributed by atoms with Crippen LogP contribution < -0.4 is 0 Å². The molecule has 3 nitrogen and oxygen atoms in total. The number of halogens is 2. The second-order valence-electron chi connectivity index (χ2n) is 3.13. The fourth-order valence-electron chi connectivity index (χ4n) is 1.14. The van der Waals surface area contributed by atoms with E-state index in [0.717, 1.165) is 6.07 Å². The van der Waals surface area contributed by atoms with Gasteiger partial charge in [0.25, 0.3) is 5.78 Å². The Labute approximate surface area is 91.0 Å². The van der Waals surface area contributed by atoms with E-state index >= 15 is 0 Å². The summed E-state index contributed by atoms with van der Waals surface area (Å²) in [5.74, 6) is -4.09. The van der Waals surface area contributed by atoms with E-state index in [-0.39, 0.29) is 12.2 Å². The van der Waals surface area contributed by atoms with Gasteiger partial charge in [0.05, 0.1) is 12.2 Å². The van der Waals surface area contributed by atoms with Gasteiger partial charge in [-0.05, 0) is 25.5 Å². The standard InChI is InChI=1S/C11H10F2O3/c1-3-16-11(15)10(14)7-4-6(2)8(12)5-9(7)13/h4-5H,3H2,1-2H3. The number of rotatable bonds is 3. The monoisotopic (exact) mass is 228 g/mol. The number of Topliss-reactive ketones (excluding diaryl/α,β-unsaturated/α-hetero) is 1. The first kappa shape index (κ1) is 12.3. The van der Waals surface area contributed by atoms with Crippen LogP contribution in [0.2, 0.25) is 0 Å². The Morgan fingerprint density at radius 3 is 2.44 bits per heavy atom. The van der Waals surface area contributed by atoms with Gasteiger partial charge in [-0.3, -0.25) is 4.79 Å². The third kappa shape index (κ3) is 2.42. The van der Waals surface area contributed by atoms with Crippen LogP contribution in [0.5, 0.6) is 0 Å². The van der Waals surface area contributed by atoms with Gasteiger partial charge < -0.3 is 4.74 Å². The zero-order valence-corrected chi connectivity index (χ0v) is 8.84. The van der Waals surface area contributed by atoms with E-state index in [0.29, 0.717) is 6.07 Å². The van der Waals surface area contributed by atoms with E-state index in [1.807, 2.05) is 0 Å². The van der Waals surface area contributed by atoms with Crippen molar-refractivity contribution < 1.29 is 23.1 Å². The van der Waals surface area contributed by atoms with Crippen molar-refractivity contribution in [3.05, 3.63) is 34.9 Å². The molecule has 0 aromatic heterocycles. The lowest BCUT2D eigenvalue weighted by Gasteiger charge is -2.04. The number of carbonyl (C=O) groups is 2. The van der Waals surface area contributed by atoms with Gasteiger partial charge in [-0.2, -0.15) is 0 Å². The molecular formula is C11H10F2O3. The summed E-state index contributed by atoms with van der Waals surface area (Å²) >= 11 is 0. The van der Waals surface area contributed by atoms with Crippen molar-refractivity contribution in [2.45, 2.75) is 13.8 Å². The molecule has 0 N–H and O–H groups in total. The zero-order chi connectivity index (χ0) is 12.3. The molecule has 0 atom stereocenters. The molecule has 1 aromatic carbocycles. The van der Waals surface area contributed by atoms with Crippen LogP contribution in [0.3, 0.4) is 0 Å². The summed E-state index contributed by atoms with van der Waals surface area (Å²) < 4.78 is 30.6. The summed E-state index contributed by atoms with van der Waals surface area (Å²) in [6.45, 7) is 2.92. The number of esters is 1. The van der Waals surface area contributed by atoms with Crippen LogP contribution in [0.25, 0.3) is 0 Å². The van der Waals surface area contributed by atoms with Crippen LogP contribution in [0, 0.1) is 18.6 Å². The lowest BCUT2D eigenvalue weighted by molar-refractivity contribution is -0.137. The quantitative estimate of drug-likeness (QED) is 0.451. The molecule has 0 radical (unpaired) electrons. The van der Waals surface area contributed by atoms with Crippen molar-refractivity contribution >= 4 is 11.8 Å². The molecule has 0 spiro atoms. The molecule has 0 saturated carbocycles. The first-order valence-corrected chi connectivity index (χ1v) is 4.64. The summed E-state index contributed by atoms with van der Waals surface area (Å²) in [5, 5.41) is 0. The SMILES string of the molecule is CCOC(=O)C(=O)c1cc(C)c(F)cc1F. The van der Waals surface area contributed by atoms with E-state index in [2.05, 4.69) is 4.74 Å². The maximum atomic E-state index is 13.2. The normalized spacial score (nSPS) is 10.0. The van der Waals surface area contributed by atoms with Crippen molar-refractivity contribution in [3.8, 4) is 0 Å². The Hall–Kier alpha value is -1.78. The molecule has 0 unspecified atom stereocenters. The van der Waals surface area contributed by atoms with E-state index in [4.69, 9.17) is 0 Å². The van der Waals surface area contributed by atoms with Gasteiger partial charge in [0.15, 0.2) is 0 Å². The zero-order valence-electron chi connectivity index (χ0n) is 8.84. The van der Waals surface area contributed by atoms with E-state index in [1.54, 1.807) is 0 Å². The lowest BCUT2D eigenvalue weighted by Crippen LogP contribution is -2.19. The molecule has 0 heterocycles. The highest BCUT2D eigenvalue weighted by Gasteiger charge is 2.22. The minimum atomic E-state index is -1.15. The molecule has 0 saturated heterocycles. The van der Waals surface area contributed by atoms with Crippen molar-refractivity contribution in [2.75, 3.05) is 6.61 Å². The fraction of sp³-hybridized carbons (Fsp3) is 0.273. The molecule has 0 aliphatic heterocycles. The predicted octanol–water partition coefficient (Wildman–Crippen LogP) is 2.02. The Balaban J connectivity index is 3.09. The number of benzene rings is 1. The highest BCUT2D eigenvalue weighted by Crippen LogP contribution is 2.15. The summed E-state index contributed by atoms with van der Waals surface area (Å²) in [5.41, 5.74) is -0.383. The first-order chi connectivity index (χ1) is 7.47. The molecule has 1 aromatic rings. The summed E-state index contributed by atoms with van der Waals surface area (Å²) in [6, 6.07) is 1.56. The average molecular weight is 228 g/mol. The number of ketones is 1. The maximum Gasteiger partial charge on any atom is 0.379 e. The molecule has 0 aliphatic rings. The Kier molecular flexibility index (Phi) is 3.71. The van der Waals surface area contributed by atoms with Gasteiger partial charge in [0, 0.05) is 6.07 Å². The van der Waals surface area contributed by atoms with Crippen LogP contribution in [0.4, 0.5) is 8.78 Å². The largest absolute Gasteiger partial charge is 0.460 e. The molecule has 1 rings (SSSR count). The summed E-state index contributed by atoms with van der Waals surface area (Å²) in [7, 11) is 0. The third-order valence-electron chi connectivity index (χ3n) is 1.95. The van der Waals surface area contributed by atoms with Crippen molar-refractivity contribution in [1.82, 2.24) is 0 Å². The smallest absolute Gasteiger partial charge is 0.379 e. The molecular weight excluding hydrogens is 218 g/mol. The number of aryl methyl sites for hydroxylation is 1. The average Bonchev–Trinajstić information content (AvgIpc) is 2.23. The topological polar surface area (TPSA) is 43.4 Å². The molecule has 0 bridgehead atoms. The van der Waals surface area contributed by atoms with E-state index in [1.165, 1.54) is 13.8 Å². The van der Waals surface area contributed by atoms with Crippen LogP contribution in [0.1, 0.15) is 22.8 Å². The maximum absolute atomic E-state index is 13.2. The van der Waals surface area contributed by atoms with Crippen LogP contribution in [-0.2, 0) is 9.53 Å². The van der Waals surface area contributed by atoms with Crippen LogP contribution in [-0.4, -0.2) is 18.4 Å². The van der Waals surface area contributed by atoms with Gasteiger partial charge in [-0.25, -0.2) is 13.6 Å². The van der Waals surface area contributed by atoms with Gasteiger partial charge >= 0.3 is 5.97 Å². The second-order valence-corrected chi connectivity index (χ2v) is 3.13. The lowest BCUT2D eigenvalue weighted by atomic mass is 10.1. The Morgan fingerprint density at radius 2 is 1.88 bits per heavy atom. The van der Waals surface area contributed by atoms with Crippen molar-refractivity contribution in [3.63, 3.8) is 0 Å².